The van der Waals surface area contributed by atoms with Crippen molar-refractivity contribution in [1.82, 2.24) is 14.9 Å². The fourth-order valence-electron chi connectivity index (χ4n) is 4.87. The van der Waals surface area contributed by atoms with E-state index in [1.54, 1.807) is 12.5 Å². The van der Waals surface area contributed by atoms with Crippen molar-refractivity contribution in [1.29, 1.82) is 0 Å². The molecule has 5 nitrogen and oxygen atoms in total. The predicted octanol–water partition coefficient (Wildman–Crippen LogP) is 6.89. The first-order valence-corrected chi connectivity index (χ1v) is 12.4. The van der Waals surface area contributed by atoms with Crippen molar-refractivity contribution in [2.45, 2.75) is 39.2 Å². The van der Waals surface area contributed by atoms with Crippen LogP contribution in [0.5, 0.6) is 11.5 Å². The van der Waals surface area contributed by atoms with Gasteiger partial charge in [0.15, 0.2) is 0 Å². The summed E-state index contributed by atoms with van der Waals surface area (Å²) in [5.74, 6) is 2.63. The Bertz CT molecular complexity index is 1280. The zero-order valence-electron chi connectivity index (χ0n) is 20.2. The molecule has 0 saturated heterocycles. The Labute approximate surface area is 206 Å². The second-order valence-electron chi connectivity index (χ2n) is 9.49. The molecular weight excluding hydrogens is 434 g/mol. The molecule has 1 fully saturated rings. The maximum absolute atomic E-state index is 13.2. The standard InChI is InChI=1S/C30H31N3O2/c1-21-8-6-13-28(22(21)2)32-30(34)29-19-31-20-33(29)25-10-7-9-24(18-25)23-14-16-27(17-15-23)35-26-11-4-3-5-12-26/h3-5,7,9-12,14-22,28H,6,8,13H2,1-2H3,(H,32,34)/t21-,22-,28-/m1/s1. The van der Waals surface area contributed by atoms with Crippen LogP contribution in [0, 0.1) is 11.8 Å². The first kappa shape index (κ1) is 22.9. The van der Waals surface area contributed by atoms with Gasteiger partial charge in [0.25, 0.3) is 5.91 Å². The highest BCUT2D eigenvalue weighted by Gasteiger charge is 2.29. The van der Waals surface area contributed by atoms with E-state index in [-0.39, 0.29) is 11.9 Å². The molecule has 1 N–H and O–H groups in total. The zero-order chi connectivity index (χ0) is 24.2. The Hall–Kier alpha value is -3.86. The maximum Gasteiger partial charge on any atom is 0.270 e. The number of para-hydroxylation sites is 1. The zero-order valence-corrected chi connectivity index (χ0v) is 20.2. The van der Waals surface area contributed by atoms with Crippen LogP contribution in [0.1, 0.15) is 43.6 Å². The van der Waals surface area contributed by atoms with Gasteiger partial charge in [0.1, 0.15) is 17.2 Å². The number of carbonyl (C=O) groups is 1. The van der Waals surface area contributed by atoms with Crippen molar-refractivity contribution in [3.05, 3.63) is 97.1 Å². The van der Waals surface area contributed by atoms with Crippen LogP contribution in [0.25, 0.3) is 16.8 Å². The molecule has 3 atom stereocenters. The van der Waals surface area contributed by atoms with Gasteiger partial charge in [0.05, 0.1) is 12.5 Å². The minimum Gasteiger partial charge on any atom is -0.457 e. The number of benzene rings is 3. The third kappa shape index (κ3) is 5.14. The van der Waals surface area contributed by atoms with E-state index in [1.807, 2.05) is 71.3 Å². The molecule has 1 aromatic heterocycles. The van der Waals surface area contributed by atoms with Crippen LogP contribution >= 0.6 is 0 Å². The van der Waals surface area contributed by atoms with E-state index < -0.39 is 0 Å². The summed E-state index contributed by atoms with van der Waals surface area (Å²) in [6.07, 6.45) is 6.78. The van der Waals surface area contributed by atoms with Crippen LogP contribution in [0.3, 0.4) is 0 Å². The molecule has 1 aliphatic carbocycles. The van der Waals surface area contributed by atoms with Crippen LogP contribution in [-0.2, 0) is 0 Å². The van der Waals surface area contributed by atoms with Gasteiger partial charge in [-0.25, -0.2) is 4.98 Å². The number of rotatable bonds is 6. The van der Waals surface area contributed by atoms with Crippen molar-refractivity contribution in [2.24, 2.45) is 11.8 Å². The van der Waals surface area contributed by atoms with Gasteiger partial charge in [-0.15, -0.1) is 0 Å². The van der Waals surface area contributed by atoms with E-state index in [1.165, 1.54) is 6.42 Å². The van der Waals surface area contributed by atoms with Gasteiger partial charge in [-0.1, -0.05) is 69.2 Å². The topological polar surface area (TPSA) is 56.2 Å². The smallest absolute Gasteiger partial charge is 0.270 e. The summed E-state index contributed by atoms with van der Waals surface area (Å²) in [7, 11) is 0. The Morgan fingerprint density at radius 3 is 2.49 bits per heavy atom. The number of hydrogen-bond acceptors (Lipinski definition) is 3. The lowest BCUT2D eigenvalue weighted by Gasteiger charge is -2.34. The normalized spacial score (nSPS) is 19.8. The summed E-state index contributed by atoms with van der Waals surface area (Å²) in [5, 5.41) is 3.27. The Balaban J connectivity index is 1.33. The average molecular weight is 466 g/mol. The molecule has 4 aromatic rings. The second-order valence-corrected chi connectivity index (χ2v) is 9.49. The number of nitrogens with one attached hydrogen (secondary N) is 1. The van der Waals surface area contributed by atoms with Crippen LogP contribution in [0.2, 0.25) is 0 Å². The molecule has 0 spiro atoms. The van der Waals surface area contributed by atoms with Crippen molar-refractivity contribution in [3.8, 4) is 28.3 Å². The van der Waals surface area contributed by atoms with Gasteiger partial charge in [-0.2, -0.15) is 0 Å². The summed E-state index contributed by atoms with van der Waals surface area (Å²) in [6, 6.07) is 26.1. The molecule has 0 unspecified atom stereocenters. The third-order valence-corrected chi connectivity index (χ3v) is 7.19. The lowest BCUT2D eigenvalue weighted by atomic mass is 9.78. The van der Waals surface area contributed by atoms with Crippen LogP contribution in [0.15, 0.2) is 91.4 Å². The highest BCUT2D eigenvalue weighted by atomic mass is 16.5. The van der Waals surface area contributed by atoms with Crippen molar-refractivity contribution in [2.75, 3.05) is 0 Å². The number of nitrogens with zero attached hydrogens (tertiary/aromatic N) is 2. The predicted molar refractivity (Wildman–Crippen MR) is 139 cm³/mol. The van der Waals surface area contributed by atoms with E-state index in [0.717, 1.165) is 41.2 Å². The molecule has 0 bridgehead atoms. The first-order chi connectivity index (χ1) is 17.1. The number of hydrogen-bond donors (Lipinski definition) is 1. The molecule has 5 rings (SSSR count). The van der Waals surface area contributed by atoms with E-state index in [4.69, 9.17) is 4.74 Å². The molecule has 1 amide bonds. The summed E-state index contributed by atoms with van der Waals surface area (Å²) < 4.78 is 7.78. The molecule has 5 heteroatoms. The fourth-order valence-corrected chi connectivity index (χ4v) is 4.87. The third-order valence-electron chi connectivity index (χ3n) is 7.19. The SMILES string of the molecule is C[C@@H]1[C@H](C)CCC[C@H]1NC(=O)c1cncn1-c1cccc(-c2ccc(Oc3ccccc3)cc2)c1. The van der Waals surface area contributed by atoms with Gasteiger partial charge < -0.3 is 10.1 Å². The monoisotopic (exact) mass is 465 g/mol. The van der Waals surface area contributed by atoms with E-state index in [2.05, 4.69) is 36.3 Å². The summed E-state index contributed by atoms with van der Waals surface area (Å²) in [6.45, 7) is 4.52. The molecule has 1 saturated carbocycles. The molecule has 35 heavy (non-hydrogen) atoms. The second kappa shape index (κ2) is 10.2. The van der Waals surface area contributed by atoms with E-state index in [9.17, 15) is 4.79 Å². The largest absolute Gasteiger partial charge is 0.457 e. The van der Waals surface area contributed by atoms with Gasteiger partial charge >= 0.3 is 0 Å². The van der Waals surface area contributed by atoms with Crippen LogP contribution in [0.4, 0.5) is 0 Å². The first-order valence-electron chi connectivity index (χ1n) is 12.4. The Morgan fingerprint density at radius 2 is 1.69 bits per heavy atom. The Kier molecular flexibility index (Phi) is 6.66. The van der Waals surface area contributed by atoms with E-state index in [0.29, 0.717) is 17.5 Å². The maximum atomic E-state index is 13.2. The summed E-state index contributed by atoms with van der Waals surface area (Å²) >= 11 is 0. The van der Waals surface area contributed by atoms with Gasteiger partial charge in [0, 0.05) is 11.7 Å². The Morgan fingerprint density at radius 1 is 0.914 bits per heavy atom. The number of imidazole rings is 1. The highest BCUT2D eigenvalue weighted by Crippen LogP contribution is 2.30. The molecule has 1 heterocycles. The molecule has 0 aliphatic heterocycles. The lowest BCUT2D eigenvalue weighted by Crippen LogP contribution is -2.44. The summed E-state index contributed by atoms with van der Waals surface area (Å²) in [5.41, 5.74) is 3.59. The van der Waals surface area contributed by atoms with Crippen molar-refractivity contribution >= 4 is 5.91 Å². The van der Waals surface area contributed by atoms with E-state index >= 15 is 0 Å². The van der Waals surface area contributed by atoms with Crippen molar-refractivity contribution < 1.29 is 9.53 Å². The average Bonchev–Trinajstić information content (AvgIpc) is 3.38. The van der Waals surface area contributed by atoms with Crippen molar-refractivity contribution in [3.63, 3.8) is 0 Å². The fraction of sp³-hybridized carbons (Fsp3) is 0.267. The molecule has 3 aromatic carbocycles. The minimum absolute atomic E-state index is 0.0683. The number of ether oxygens (including phenoxy) is 1. The number of aromatic nitrogens is 2. The van der Waals surface area contributed by atoms with Gasteiger partial charge in [0.2, 0.25) is 0 Å². The van der Waals surface area contributed by atoms with Gasteiger partial charge in [-0.3, -0.25) is 9.36 Å². The number of carbonyl (C=O) groups excluding carboxylic acids is 1. The molecule has 178 valence electrons. The number of amides is 1. The van der Waals surface area contributed by atoms with Crippen LogP contribution < -0.4 is 10.1 Å². The summed E-state index contributed by atoms with van der Waals surface area (Å²) in [4.78, 5) is 17.5. The molecule has 0 radical (unpaired) electrons. The molecule has 1 aliphatic rings. The minimum atomic E-state index is -0.0683. The van der Waals surface area contributed by atoms with Gasteiger partial charge in [-0.05, 0) is 65.8 Å². The molecular formula is C30H31N3O2. The quantitative estimate of drug-likeness (QED) is 0.337. The van der Waals surface area contributed by atoms with Crippen LogP contribution in [-0.4, -0.2) is 21.5 Å². The lowest BCUT2D eigenvalue weighted by molar-refractivity contribution is 0.0884. The highest BCUT2D eigenvalue weighted by molar-refractivity contribution is 5.93.